The van der Waals surface area contributed by atoms with Gasteiger partial charge >= 0.3 is 0 Å². The lowest BCUT2D eigenvalue weighted by molar-refractivity contribution is 0.397. The van der Waals surface area contributed by atoms with E-state index in [0.29, 0.717) is 16.3 Å². The number of nitrogens with two attached hydrogens (primary N) is 1. The normalized spacial score (nSPS) is 18.9. The first-order chi connectivity index (χ1) is 7.94. The molecule has 1 saturated carbocycles. The van der Waals surface area contributed by atoms with E-state index in [1.807, 2.05) is 6.92 Å². The number of methoxy groups -OCH3 is 1. The Morgan fingerprint density at radius 1 is 1.53 bits per heavy atom. The maximum atomic E-state index is 10.3. The summed E-state index contributed by atoms with van der Waals surface area (Å²) in [4.78, 5) is 0. The molecule has 3 nitrogen and oxygen atoms in total. The van der Waals surface area contributed by atoms with Crippen LogP contribution in [-0.4, -0.2) is 18.3 Å². The average Bonchev–Trinajstić information content (AvgIpc) is 3.05. The van der Waals surface area contributed by atoms with Crippen LogP contribution in [0.3, 0.4) is 0 Å². The van der Waals surface area contributed by atoms with Gasteiger partial charge in [-0.3, -0.25) is 0 Å². The number of halogens is 1. The molecule has 17 heavy (non-hydrogen) atoms. The van der Waals surface area contributed by atoms with E-state index in [2.05, 4.69) is 0 Å². The highest BCUT2D eigenvalue weighted by Crippen LogP contribution is 2.55. The van der Waals surface area contributed by atoms with Crippen LogP contribution in [0.2, 0.25) is 5.02 Å². The molecule has 1 aliphatic rings. The van der Waals surface area contributed by atoms with Crippen molar-refractivity contribution in [2.45, 2.75) is 38.1 Å². The fourth-order valence-corrected chi connectivity index (χ4v) is 2.81. The third-order valence-corrected chi connectivity index (χ3v) is 4.12. The second-order valence-electron chi connectivity index (χ2n) is 4.86. The number of phenolic OH excluding ortho intramolecular Hbond substituents is 1. The molecule has 1 aliphatic carbocycles. The quantitative estimate of drug-likeness (QED) is 0.873. The Kier molecular flexibility index (Phi) is 3.00. The van der Waals surface area contributed by atoms with E-state index >= 15 is 0 Å². The first-order valence-electron chi connectivity index (χ1n) is 5.76. The van der Waals surface area contributed by atoms with Crippen LogP contribution in [0.25, 0.3) is 0 Å². The molecule has 1 atom stereocenters. The van der Waals surface area contributed by atoms with Gasteiger partial charge in [-0.15, -0.1) is 0 Å². The zero-order valence-electron chi connectivity index (χ0n) is 10.4. The largest absolute Gasteiger partial charge is 0.507 e. The van der Waals surface area contributed by atoms with E-state index in [-0.39, 0.29) is 17.2 Å². The lowest BCUT2D eigenvalue weighted by atomic mass is 9.87. The molecule has 2 rings (SSSR count). The van der Waals surface area contributed by atoms with Gasteiger partial charge in [-0.05, 0) is 32.8 Å². The van der Waals surface area contributed by atoms with Crippen LogP contribution in [-0.2, 0) is 5.41 Å². The summed E-state index contributed by atoms with van der Waals surface area (Å²) < 4.78 is 5.18. The van der Waals surface area contributed by atoms with E-state index in [1.54, 1.807) is 20.1 Å². The fraction of sp³-hybridized carbons (Fsp3) is 0.538. The van der Waals surface area contributed by atoms with Gasteiger partial charge in [0.2, 0.25) is 0 Å². The molecule has 3 N–H and O–H groups in total. The molecule has 1 aromatic rings. The number of aromatic hydroxyl groups is 1. The zero-order chi connectivity index (χ0) is 12.8. The molecule has 0 aliphatic heterocycles. The molecular weight excluding hydrogens is 238 g/mol. The smallest absolute Gasteiger partial charge is 0.144 e. The van der Waals surface area contributed by atoms with Crippen molar-refractivity contribution in [3.63, 3.8) is 0 Å². The van der Waals surface area contributed by atoms with Gasteiger partial charge in [-0.25, -0.2) is 0 Å². The topological polar surface area (TPSA) is 55.5 Å². The molecule has 0 spiro atoms. The highest BCUT2D eigenvalue weighted by Gasteiger charge is 2.49. The molecule has 0 aromatic heterocycles. The van der Waals surface area contributed by atoms with Crippen molar-refractivity contribution in [1.82, 2.24) is 0 Å². The van der Waals surface area contributed by atoms with E-state index in [4.69, 9.17) is 22.1 Å². The van der Waals surface area contributed by atoms with E-state index < -0.39 is 0 Å². The SMILES string of the molecule is COc1c(Cl)cc(C2(C(C)N)CC2)c(O)c1C. The minimum absolute atomic E-state index is 0.0114. The number of ether oxygens (including phenoxy) is 1. The fourth-order valence-electron chi connectivity index (χ4n) is 2.48. The van der Waals surface area contributed by atoms with Crippen LogP contribution in [0, 0.1) is 6.92 Å². The molecule has 0 saturated heterocycles. The lowest BCUT2D eigenvalue weighted by Gasteiger charge is -2.23. The molecule has 1 fully saturated rings. The van der Waals surface area contributed by atoms with Crippen LogP contribution >= 0.6 is 11.6 Å². The van der Waals surface area contributed by atoms with Crippen molar-refractivity contribution < 1.29 is 9.84 Å². The Bertz CT molecular complexity index is 453. The van der Waals surface area contributed by atoms with Gasteiger partial charge in [0.15, 0.2) is 0 Å². The molecule has 0 heterocycles. The Balaban J connectivity index is 2.58. The van der Waals surface area contributed by atoms with E-state index in [1.165, 1.54) is 0 Å². The van der Waals surface area contributed by atoms with Gasteiger partial charge in [-0.2, -0.15) is 0 Å². The number of hydrogen-bond acceptors (Lipinski definition) is 3. The number of rotatable bonds is 3. The maximum Gasteiger partial charge on any atom is 0.144 e. The monoisotopic (exact) mass is 255 g/mol. The van der Waals surface area contributed by atoms with Crippen molar-refractivity contribution >= 4 is 11.6 Å². The van der Waals surface area contributed by atoms with E-state index in [0.717, 1.165) is 18.4 Å². The van der Waals surface area contributed by atoms with Crippen molar-refractivity contribution in [3.8, 4) is 11.5 Å². The van der Waals surface area contributed by atoms with Crippen molar-refractivity contribution in [1.29, 1.82) is 0 Å². The number of benzene rings is 1. The van der Waals surface area contributed by atoms with Gasteiger partial charge in [0.25, 0.3) is 0 Å². The van der Waals surface area contributed by atoms with Gasteiger partial charge in [0.1, 0.15) is 11.5 Å². The van der Waals surface area contributed by atoms with Gasteiger partial charge < -0.3 is 15.6 Å². The number of hydrogen-bond donors (Lipinski definition) is 2. The maximum absolute atomic E-state index is 10.3. The summed E-state index contributed by atoms with van der Waals surface area (Å²) in [7, 11) is 1.55. The van der Waals surface area contributed by atoms with Crippen molar-refractivity contribution in [2.24, 2.45) is 5.73 Å². The first-order valence-corrected chi connectivity index (χ1v) is 6.14. The van der Waals surface area contributed by atoms with Crippen molar-refractivity contribution in [3.05, 3.63) is 22.2 Å². The Morgan fingerprint density at radius 2 is 2.12 bits per heavy atom. The lowest BCUT2D eigenvalue weighted by Crippen LogP contribution is -2.31. The molecule has 1 aromatic carbocycles. The Hall–Kier alpha value is -0.930. The third kappa shape index (κ3) is 1.78. The molecular formula is C13H18ClNO2. The summed E-state index contributed by atoms with van der Waals surface area (Å²) in [6.45, 7) is 3.78. The minimum atomic E-state index is -0.106. The highest BCUT2D eigenvalue weighted by atomic mass is 35.5. The molecule has 4 heteroatoms. The average molecular weight is 256 g/mol. The van der Waals surface area contributed by atoms with Gasteiger partial charge in [0, 0.05) is 22.6 Å². The second-order valence-corrected chi connectivity index (χ2v) is 5.26. The van der Waals surface area contributed by atoms with Gasteiger partial charge in [-0.1, -0.05) is 11.6 Å². The summed E-state index contributed by atoms with van der Waals surface area (Å²) in [5.41, 5.74) is 7.45. The van der Waals surface area contributed by atoms with Crippen molar-refractivity contribution in [2.75, 3.05) is 7.11 Å². The third-order valence-electron chi connectivity index (χ3n) is 3.84. The summed E-state index contributed by atoms with van der Waals surface area (Å²) in [6, 6.07) is 1.80. The van der Waals surface area contributed by atoms with Crippen LogP contribution in [0.1, 0.15) is 30.9 Å². The van der Waals surface area contributed by atoms with E-state index in [9.17, 15) is 5.11 Å². The molecule has 94 valence electrons. The second kappa shape index (κ2) is 4.07. The Morgan fingerprint density at radius 3 is 2.53 bits per heavy atom. The highest BCUT2D eigenvalue weighted by molar-refractivity contribution is 6.32. The summed E-state index contributed by atoms with van der Waals surface area (Å²) in [6.07, 6.45) is 2.00. The predicted octanol–water partition coefficient (Wildman–Crippen LogP) is 2.74. The zero-order valence-corrected chi connectivity index (χ0v) is 11.1. The van der Waals surface area contributed by atoms with Crippen LogP contribution < -0.4 is 10.5 Å². The summed E-state index contributed by atoms with van der Waals surface area (Å²) in [5, 5.41) is 10.8. The van der Waals surface area contributed by atoms with Crippen LogP contribution in [0.4, 0.5) is 0 Å². The predicted molar refractivity (Wildman–Crippen MR) is 69.0 cm³/mol. The minimum Gasteiger partial charge on any atom is -0.507 e. The first kappa shape index (κ1) is 12.5. The molecule has 0 amide bonds. The standard InChI is InChI=1S/C13H18ClNO2/c1-7-11(16)9(6-10(14)12(7)17-3)13(4-5-13)8(2)15/h6,8,16H,4-5,15H2,1-3H3. The van der Waals surface area contributed by atoms with Gasteiger partial charge in [0.05, 0.1) is 12.1 Å². The molecule has 1 unspecified atom stereocenters. The summed E-state index contributed by atoms with van der Waals surface area (Å²) >= 11 is 6.17. The summed E-state index contributed by atoms with van der Waals surface area (Å²) in [5.74, 6) is 0.800. The molecule has 0 radical (unpaired) electrons. The number of phenols is 1. The van der Waals surface area contributed by atoms with Crippen LogP contribution in [0.15, 0.2) is 6.07 Å². The van der Waals surface area contributed by atoms with Crippen LogP contribution in [0.5, 0.6) is 11.5 Å². The Labute approximate surface area is 107 Å². The molecule has 0 bridgehead atoms.